The molecule has 3 rings (SSSR count). The van der Waals surface area contributed by atoms with Gasteiger partial charge < -0.3 is 4.74 Å². The third kappa shape index (κ3) is 5.20. The number of benzene rings is 3. The normalized spacial score (nSPS) is 10.9. The van der Waals surface area contributed by atoms with Gasteiger partial charge in [-0.15, -0.1) is 11.1 Å². The quantitative estimate of drug-likeness (QED) is 0.268. The fourth-order valence-corrected chi connectivity index (χ4v) is 3.62. The molecular formula is C24H18F4LaNO-. The van der Waals surface area contributed by atoms with E-state index in [1.807, 2.05) is 32.9 Å². The van der Waals surface area contributed by atoms with Crippen molar-refractivity contribution in [2.45, 2.75) is 33.8 Å². The first-order valence-electron chi connectivity index (χ1n) is 9.10. The third-order valence-corrected chi connectivity index (χ3v) is 4.77. The summed E-state index contributed by atoms with van der Waals surface area (Å²) < 4.78 is 61.5. The summed E-state index contributed by atoms with van der Waals surface area (Å²) in [6, 6.07) is 12.1. The van der Waals surface area contributed by atoms with Gasteiger partial charge in [-0.3, -0.25) is 0 Å². The van der Waals surface area contributed by atoms with Gasteiger partial charge in [-0.05, 0) is 26.3 Å². The third-order valence-electron chi connectivity index (χ3n) is 4.77. The SMILES string of the molecule is Cc1cc(C)c(-c2c[c-]c(C(F)(F)Oc3cc(F)c(C#N)c(F)c3)c(C)c2)c(C)c1.[La]. The largest absolute Gasteiger partial charge is 0.430 e. The summed E-state index contributed by atoms with van der Waals surface area (Å²) in [5.41, 5.74) is 3.61. The summed E-state index contributed by atoms with van der Waals surface area (Å²) in [7, 11) is 0. The molecule has 31 heavy (non-hydrogen) atoms. The van der Waals surface area contributed by atoms with E-state index in [-0.39, 0.29) is 41.2 Å². The Kier molecular flexibility index (Phi) is 7.75. The molecule has 0 saturated heterocycles. The second kappa shape index (κ2) is 9.56. The van der Waals surface area contributed by atoms with Crippen LogP contribution in [-0.4, -0.2) is 0 Å². The Balaban J connectivity index is 0.00000341. The van der Waals surface area contributed by atoms with Gasteiger partial charge in [0.2, 0.25) is 0 Å². The Hall–Kier alpha value is -2.14. The van der Waals surface area contributed by atoms with Crippen LogP contribution in [0.15, 0.2) is 36.4 Å². The van der Waals surface area contributed by atoms with Crippen molar-refractivity contribution in [1.82, 2.24) is 0 Å². The van der Waals surface area contributed by atoms with Crippen LogP contribution in [0.5, 0.6) is 5.75 Å². The average molecular weight is 551 g/mol. The second-order valence-electron chi connectivity index (χ2n) is 7.21. The molecule has 0 spiro atoms. The number of ether oxygens (including phenoxy) is 1. The maximum atomic E-state index is 14.7. The summed E-state index contributed by atoms with van der Waals surface area (Å²) in [6.45, 7) is 7.37. The molecule has 0 aliphatic rings. The van der Waals surface area contributed by atoms with Crippen LogP contribution < -0.4 is 4.74 Å². The van der Waals surface area contributed by atoms with Gasteiger partial charge in [0.15, 0.2) is 0 Å². The molecule has 0 atom stereocenters. The molecule has 0 amide bonds. The zero-order valence-corrected chi connectivity index (χ0v) is 21.0. The molecule has 0 bridgehead atoms. The van der Waals surface area contributed by atoms with Crippen molar-refractivity contribution in [2.24, 2.45) is 0 Å². The summed E-state index contributed by atoms with van der Waals surface area (Å²) in [5.74, 6) is -3.27. The van der Waals surface area contributed by atoms with Gasteiger partial charge in [-0.2, -0.15) is 32.2 Å². The molecule has 157 valence electrons. The summed E-state index contributed by atoms with van der Waals surface area (Å²) in [5, 5.41) is 8.69. The number of aryl methyl sites for hydroxylation is 4. The van der Waals surface area contributed by atoms with E-state index >= 15 is 0 Å². The first-order valence-corrected chi connectivity index (χ1v) is 9.10. The van der Waals surface area contributed by atoms with Gasteiger partial charge in [-0.1, -0.05) is 41.3 Å². The maximum Gasteiger partial charge on any atom is 0.403 e. The molecular weight excluding hydrogens is 533 g/mol. The molecule has 3 aromatic carbocycles. The van der Waals surface area contributed by atoms with Gasteiger partial charge in [-0.25, -0.2) is 8.78 Å². The minimum Gasteiger partial charge on any atom is -0.430 e. The van der Waals surface area contributed by atoms with E-state index in [1.54, 1.807) is 6.07 Å². The second-order valence-corrected chi connectivity index (χ2v) is 7.21. The molecule has 0 unspecified atom stereocenters. The fourth-order valence-electron chi connectivity index (χ4n) is 3.62. The van der Waals surface area contributed by atoms with Crippen molar-refractivity contribution in [3.63, 3.8) is 0 Å². The Morgan fingerprint density at radius 2 is 1.45 bits per heavy atom. The van der Waals surface area contributed by atoms with Gasteiger partial charge in [0.25, 0.3) is 0 Å². The molecule has 0 fully saturated rings. The summed E-state index contributed by atoms with van der Waals surface area (Å²) >= 11 is 0. The zero-order valence-electron chi connectivity index (χ0n) is 17.4. The number of alkyl halides is 2. The van der Waals surface area contributed by atoms with Gasteiger partial charge in [0.05, 0.1) is 0 Å². The van der Waals surface area contributed by atoms with E-state index in [0.29, 0.717) is 12.1 Å². The fraction of sp³-hybridized carbons (Fsp3) is 0.208. The van der Waals surface area contributed by atoms with Crippen LogP contribution in [0, 0.1) is 92.3 Å². The van der Waals surface area contributed by atoms with Gasteiger partial charge in [0, 0.05) is 47.7 Å². The van der Waals surface area contributed by atoms with Crippen molar-refractivity contribution >= 4 is 0 Å². The predicted molar refractivity (Wildman–Crippen MR) is 105 cm³/mol. The molecule has 0 saturated carbocycles. The Bertz CT molecular complexity index is 1140. The Morgan fingerprint density at radius 3 is 1.94 bits per heavy atom. The van der Waals surface area contributed by atoms with Gasteiger partial charge >= 0.3 is 6.11 Å². The van der Waals surface area contributed by atoms with Crippen LogP contribution >= 0.6 is 0 Å². The van der Waals surface area contributed by atoms with Gasteiger partial charge in [0.1, 0.15) is 29.0 Å². The molecule has 0 aliphatic carbocycles. The topological polar surface area (TPSA) is 33.0 Å². The van der Waals surface area contributed by atoms with E-state index in [9.17, 15) is 17.6 Å². The van der Waals surface area contributed by atoms with E-state index in [2.05, 4.69) is 10.8 Å². The van der Waals surface area contributed by atoms with Crippen molar-refractivity contribution < 1.29 is 57.9 Å². The van der Waals surface area contributed by atoms with E-state index in [1.165, 1.54) is 19.1 Å². The van der Waals surface area contributed by atoms with Crippen LogP contribution in [0.3, 0.4) is 0 Å². The minimum absolute atomic E-state index is 0. The van der Waals surface area contributed by atoms with Crippen molar-refractivity contribution in [3.8, 4) is 22.9 Å². The number of nitrogens with zero attached hydrogens (tertiary/aromatic N) is 1. The van der Waals surface area contributed by atoms with Crippen LogP contribution in [0.25, 0.3) is 11.1 Å². The zero-order chi connectivity index (χ0) is 22.2. The van der Waals surface area contributed by atoms with E-state index in [4.69, 9.17) is 5.26 Å². The van der Waals surface area contributed by atoms with Crippen LogP contribution in [0.4, 0.5) is 17.6 Å². The number of hydrogen-bond acceptors (Lipinski definition) is 2. The molecule has 0 aliphatic heterocycles. The molecule has 0 aromatic heterocycles. The van der Waals surface area contributed by atoms with Crippen molar-refractivity contribution in [1.29, 1.82) is 5.26 Å². The summed E-state index contributed by atoms with van der Waals surface area (Å²) in [6.07, 6.45) is -3.88. The molecule has 7 heteroatoms. The van der Waals surface area contributed by atoms with E-state index in [0.717, 1.165) is 27.8 Å². The molecule has 2 nitrogen and oxygen atoms in total. The number of halogens is 4. The van der Waals surface area contributed by atoms with Crippen LogP contribution in [0.1, 0.15) is 33.4 Å². The number of nitriles is 1. The number of hydrogen-bond donors (Lipinski definition) is 0. The Morgan fingerprint density at radius 1 is 0.903 bits per heavy atom. The van der Waals surface area contributed by atoms with Crippen LogP contribution in [0.2, 0.25) is 0 Å². The maximum absolute atomic E-state index is 14.7. The van der Waals surface area contributed by atoms with Crippen molar-refractivity contribution in [2.75, 3.05) is 0 Å². The predicted octanol–water partition coefficient (Wildman–Crippen LogP) is 6.67. The first kappa shape index (κ1) is 25.1. The first-order chi connectivity index (χ1) is 14.0. The average Bonchev–Trinajstić information content (AvgIpc) is 2.60. The molecule has 0 heterocycles. The molecule has 3 aromatic rings. The molecule has 0 N–H and O–H groups in total. The van der Waals surface area contributed by atoms with Crippen molar-refractivity contribution in [3.05, 3.63) is 87.5 Å². The standard InChI is InChI=1S/C24H18F4NO.La/c1-13-7-15(3)23(16(4)8-13)17-5-6-20(14(2)9-17)24(27,28)30-18-10-21(25)19(12-29)22(26)11-18;/h5,7-11H,1-4H3;/q-1;. The Labute approximate surface area is 206 Å². The number of rotatable bonds is 4. The minimum atomic E-state index is -3.88. The van der Waals surface area contributed by atoms with Crippen LogP contribution in [-0.2, 0) is 6.11 Å². The van der Waals surface area contributed by atoms with E-state index < -0.39 is 34.6 Å². The summed E-state index contributed by atoms with van der Waals surface area (Å²) in [4.78, 5) is 0. The smallest absolute Gasteiger partial charge is 0.403 e. The molecule has 1 radical (unpaired) electrons. The monoisotopic (exact) mass is 551 g/mol.